The quantitative estimate of drug-likeness (QED) is 0.162. The predicted octanol–water partition coefficient (Wildman–Crippen LogP) is 5.64. The molecule has 0 radical (unpaired) electrons. The maximum atomic E-state index is 13.4. The van der Waals surface area contributed by atoms with E-state index in [0.717, 1.165) is 28.5 Å². The van der Waals surface area contributed by atoms with Gasteiger partial charge < -0.3 is 24.8 Å². The van der Waals surface area contributed by atoms with Gasteiger partial charge in [-0.15, -0.1) is 0 Å². The minimum Gasteiger partial charge on any atom is -0.508 e. The zero-order valence-electron chi connectivity index (χ0n) is 21.4. The van der Waals surface area contributed by atoms with Gasteiger partial charge in [0.2, 0.25) is 0 Å². The third kappa shape index (κ3) is 4.63. The van der Waals surface area contributed by atoms with Crippen molar-refractivity contribution in [2.75, 3.05) is 13.2 Å². The number of hydrogen-bond acceptors (Lipinski definition) is 5. The number of benzene rings is 3. The van der Waals surface area contributed by atoms with Crippen LogP contribution in [0.25, 0.3) is 16.7 Å². The van der Waals surface area contributed by atoms with Gasteiger partial charge in [0.15, 0.2) is 0 Å². The number of aromatic nitrogens is 1. The lowest BCUT2D eigenvalue weighted by atomic mass is 9.94. The molecule has 2 heterocycles. The number of nitrogens with zero attached hydrogens (tertiary/aromatic N) is 1. The molecule has 5 rings (SSSR count). The number of hydrogen-bond donors (Lipinski definition) is 3. The van der Waals surface area contributed by atoms with Gasteiger partial charge in [-0.3, -0.25) is 9.59 Å². The third-order valence-corrected chi connectivity index (χ3v) is 6.93. The number of carbonyl (C=O) groups is 2. The van der Waals surface area contributed by atoms with Gasteiger partial charge in [0.25, 0.3) is 11.7 Å². The monoisotopic (exact) mass is 510 g/mol. The van der Waals surface area contributed by atoms with Crippen LogP contribution in [0.1, 0.15) is 41.6 Å². The van der Waals surface area contributed by atoms with Crippen LogP contribution in [0.2, 0.25) is 0 Å². The number of aliphatic hydroxyl groups excluding tert-OH is 1. The van der Waals surface area contributed by atoms with Crippen molar-refractivity contribution in [1.29, 1.82) is 0 Å². The molecule has 1 atom stereocenters. The number of carbonyl (C=O) groups excluding carboxylic acids is 2. The van der Waals surface area contributed by atoms with Gasteiger partial charge in [-0.05, 0) is 72.9 Å². The largest absolute Gasteiger partial charge is 0.508 e. The molecule has 1 amide bonds. The molecule has 1 aromatic heterocycles. The van der Waals surface area contributed by atoms with Crippen molar-refractivity contribution in [3.8, 4) is 11.5 Å². The molecular formula is C31H30N2O5. The molecule has 7 nitrogen and oxygen atoms in total. The second-order valence-electron chi connectivity index (χ2n) is 9.53. The third-order valence-electron chi connectivity index (χ3n) is 6.93. The van der Waals surface area contributed by atoms with Crippen molar-refractivity contribution in [2.24, 2.45) is 0 Å². The lowest BCUT2D eigenvalue weighted by Crippen LogP contribution is -2.31. The number of aromatic amines is 1. The van der Waals surface area contributed by atoms with Gasteiger partial charge in [-0.2, -0.15) is 0 Å². The van der Waals surface area contributed by atoms with Crippen LogP contribution in [-0.4, -0.2) is 44.9 Å². The summed E-state index contributed by atoms with van der Waals surface area (Å²) in [5.41, 5.74) is 3.80. The molecule has 4 aromatic rings. The number of phenolic OH excluding ortho intramolecular Hbond substituents is 1. The number of aryl methyl sites for hydroxylation is 1. The SMILES string of the molecule is CCCOc1ccc(/C(O)=C2\C(=O)C(=O)N(CCc3c[nH]c4ccccc34)C2c2cccc(O)c2)cc1C. The summed E-state index contributed by atoms with van der Waals surface area (Å²) >= 11 is 0. The summed E-state index contributed by atoms with van der Waals surface area (Å²) in [6.07, 6.45) is 3.29. The van der Waals surface area contributed by atoms with Crippen LogP contribution in [0.3, 0.4) is 0 Å². The van der Waals surface area contributed by atoms with Gasteiger partial charge in [0.1, 0.15) is 17.3 Å². The minimum absolute atomic E-state index is 0.00107. The standard InChI is InChI=1S/C31H30N2O5/c1-3-15-38-26-12-11-21(16-19(26)2)29(35)27-28(20-7-6-8-23(34)17-20)33(31(37)30(27)36)14-13-22-18-32-25-10-5-4-9-24(22)25/h4-12,16-18,28,32,34-35H,3,13-15H2,1-2H3/b29-27+. The van der Waals surface area contributed by atoms with Gasteiger partial charge in [0, 0.05) is 29.2 Å². The van der Waals surface area contributed by atoms with Crippen molar-refractivity contribution in [2.45, 2.75) is 32.7 Å². The number of phenols is 1. The molecule has 0 saturated carbocycles. The molecule has 1 fully saturated rings. The number of fused-ring (bicyclic) bond motifs is 1. The summed E-state index contributed by atoms with van der Waals surface area (Å²) in [6, 6.07) is 18.7. The first kappa shape index (κ1) is 25.1. The highest BCUT2D eigenvalue weighted by Gasteiger charge is 2.46. The Morgan fingerprint density at radius 1 is 1.05 bits per heavy atom. The van der Waals surface area contributed by atoms with Gasteiger partial charge in [0.05, 0.1) is 18.2 Å². The summed E-state index contributed by atoms with van der Waals surface area (Å²) < 4.78 is 5.75. The molecule has 38 heavy (non-hydrogen) atoms. The number of aliphatic hydroxyl groups is 1. The fourth-order valence-electron chi connectivity index (χ4n) is 5.06. The first-order chi connectivity index (χ1) is 18.4. The Morgan fingerprint density at radius 3 is 2.63 bits per heavy atom. The summed E-state index contributed by atoms with van der Waals surface area (Å²) in [4.78, 5) is 31.4. The Hall–Kier alpha value is -4.52. The van der Waals surface area contributed by atoms with Crippen LogP contribution < -0.4 is 4.74 Å². The molecule has 3 N–H and O–H groups in total. The average molecular weight is 511 g/mol. The average Bonchev–Trinajstić information content (AvgIpc) is 3.44. The van der Waals surface area contributed by atoms with Crippen LogP contribution in [-0.2, 0) is 16.0 Å². The maximum absolute atomic E-state index is 13.4. The molecule has 1 aliphatic heterocycles. The fraction of sp³-hybridized carbons (Fsp3) is 0.226. The number of para-hydroxylation sites is 1. The Morgan fingerprint density at radius 2 is 1.87 bits per heavy atom. The molecule has 0 spiro atoms. The van der Waals surface area contributed by atoms with Crippen molar-refractivity contribution in [1.82, 2.24) is 9.88 Å². The van der Waals surface area contributed by atoms with Gasteiger partial charge >= 0.3 is 0 Å². The van der Waals surface area contributed by atoms with Crippen molar-refractivity contribution >= 4 is 28.4 Å². The number of rotatable bonds is 8. The van der Waals surface area contributed by atoms with E-state index in [-0.39, 0.29) is 23.6 Å². The zero-order valence-corrected chi connectivity index (χ0v) is 21.4. The number of amides is 1. The lowest BCUT2D eigenvalue weighted by molar-refractivity contribution is -0.139. The van der Waals surface area contributed by atoms with E-state index < -0.39 is 17.7 Å². The second kappa shape index (κ2) is 10.5. The number of likely N-dealkylation sites (tertiary alicyclic amines) is 1. The van der Waals surface area contributed by atoms with E-state index in [1.807, 2.05) is 44.3 Å². The number of ketones is 1. The first-order valence-corrected chi connectivity index (χ1v) is 12.7. The molecule has 1 aliphatic rings. The molecule has 1 unspecified atom stereocenters. The van der Waals surface area contributed by atoms with Crippen molar-refractivity contribution in [3.63, 3.8) is 0 Å². The van der Waals surface area contributed by atoms with E-state index in [4.69, 9.17) is 4.74 Å². The van der Waals surface area contributed by atoms with E-state index in [9.17, 15) is 19.8 Å². The summed E-state index contributed by atoms with van der Waals surface area (Å²) in [5, 5.41) is 22.6. The van der Waals surface area contributed by atoms with Gasteiger partial charge in [-0.25, -0.2) is 0 Å². The maximum Gasteiger partial charge on any atom is 0.295 e. The van der Waals surface area contributed by atoms with E-state index >= 15 is 0 Å². The Balaban J connectivity index is 1.54. The lowest BCUT2D eigenvalue weighted by Gasteiger charge is -2.25. The van der Waals surface area contributed by atoms with Crippen molar-refractivity contribution < 1.29 is 24.5 Å². The number of aromatic hydroxyl groups is 1. The fourth-order valence-corrected chi connectivity index (χ4v) is 5.06. The molecule has 0 bridgehead atoms. The van der Waals surface area contributed by atoms with Crippen LogP contribution in [0.4, 0.5) is 0 Å². The number of Topliss-reactive ketones (excluding diaryl/α,β-unsaturated/α-hetero) is 1. The highest BCUT2D eigenvalue weighted by atomic mass is 16.5. The summed E-state index contributed by atoms with van der Waals surface area (Å²) in [6.45, 7) is 4.72. The Kier molecular flexibility index (Phi) is 6.92. The smallest absolute Gasteiger partial charge is 0.295 e. The van der Waals surface area contributed by atoms with E-state index in [1.54, 1.807) is 30.3 Å². The number of H-pyrrole nitrogens is 1. The van der Waals surface area contributed by atoms with E-state index in [0.29, 0.717) is 29.9 Å². The predicted molar refractivity (Wildman–Crippen MR) is 146 cm³/mol. The molecule has 7 heteroatoms. The van der Waals surface area contributed by atoms with Gasteiger partial charge in [-0.1, -0.05) is 37.3 Å². The molecule has 3 aromatic carbocycles. The van der Waals surface area contributed by atoms with Crippen LogP contribution >= 0.6 is 0 Å². The van der Waals surface area contributed by atoms with Crippen molar-refractivity contribution in [3.05, 3.63) is 101 Å². The summed E-state index contributed by atoms with van der Waals surface area (Å²) in [7, 11) is 0. The Bertz CT molecular complexity index is 1550. The topological polar surface area (TPSA) is 103 Å². The second-order valence-corrected chi connectivity index (χ2v) is 9.53. The normalized spacial score (nSPS) is 16.9. The first-order valence-electron chi connectivity index (χ1n) is 12.7. The molecular weight excluding hydrogens is 480 g/mol. The Labute approximate surface area is 221 Å². The number of ether oxygens (including phenoxy) is 1. The van der Waals surface area contributed by atoms with Crippen LogP contribution in [0.15, 0.2) is 78.5 Å². The highest BCUT2D eigenvalue weighted by molar-refractivity contribution is 6.46. The minimum atomic E-state index is -0.844. The highest BCUT2D eigenvalue weighted by Crippen LogP contribution is 2.40. The summed E-state index contributed by atoms with van der Waals surface area (Å²) in [5.74, 6) is -0.973. The number of nitrogens with one attached hydrogen (secondary N) is 1. The van der Waals surface area contributed by atoms with E-state index in [1.165, 1.54) is 17.0 Å². The molecule has 194 valence electrons. The van der Waals surface area contributed by atoms with Crippen LogP contribution in [0, 0.1) is 6.92 Å². The van der Waals surface area contributed by atoms with Crippen LogP contribution in [0.5, 0.6) is 11.5 Å². The molecule has 1 saturated heterocycles. The zero-order chi connectivity index (χ0) is 26.8. The molecule has 0 aliphatic carbocycles. The van der Waals surface area contributed by atoms with E-state index in [2.05, 4.69) is 4.98 Å².